The standard InChI is InChI=1S/C18H18ClN3S/c19-17-13(2-1-3-16(17)20)5-7-14(23)6-4-12-8-10-21-18-15(12)9-11-22-18/h1-3,8-11H,4-7,20H2,(H,21,22). The van der Waals surface area contributed by atoms with Crippen LogP contribution in [0.15, 0.2) is 42.7 Å². The van der Waals surface area contributed by atoms with Gasteiger partial charge in [-0.25, -0.2) is 4.98 Å². The number of thiocarbonyl (C=S) groups is 1. The molecule has 3 nitrogen and oxygen atoms in total. The molecule has 3 N–H and O–H groups in total. The Hall–Kier alpha value is -1.91. The second-order valence-electron chi connectivity index (χ2n) is 5.57. The van der Waals surface area contributed by atoms with E-state index < -0.39 is 0 Å². The first-order valence-corrected chi connectivity index (χ1v) is 8.39. The van der Waals surface area contributed by atoms with Crippen LogP contribution in [0, 0.1) is 0 Å². The summed E-state index contributed by atoms with van der Waals surface area (Å²) in [6, 6.07) is 9.88. The molecule has 3 aromatic rings. The van der Waals surface area contributed by atoms with Gasteiger partial charge >= 0.3 is 0 Å². The third-order valence-electron chi connectivity index (χ3n) is 4.01. The van der Waals surface area contributed by atoms with Crippen molar-refractivity contribution in [2.45, 2.75) is 25.7 Å². The first-order valence-electron chi connectivity index (χ1n) is 7.60. The number of anilines is 1. The summed E-state index contributed by atoms with van der Waals surface area (Å²) in [6.07, 6.45) is 7.25. The molecule has 0 fully saturated rings. The average Bonchev–Trinajstić information content (AvgIpc) is 3.03. The molecule has 23 heavy (non-hydrogen) atoms. The third kappa shape index (κ3) is 3.71. The lowest BCUT2D eigenvalue weighted by atomic mass is 10.0. The lowest BCUT2D eigenvalue weighted by Crippen LogP contribution is -2.01. The van der Waals surface area contributed by atoms with Crippen LogP contribution in [0.25, 0.3) is 11.0 Å². The number of nitrogen functional groups attached to an aromatic ring is 1. The monoisotopic (exact) mass is 343 g/mol. The number of rotatable bonds is 6. The molecule has 0 saturated carbocycles. The van der Waals surface area contributed by atoms with E-state index in [-0.39, 0.29) is 0 Å². The minimum absolute atomic E-state index is 0.627. The van der Waals surface area contributed by atoms with E-state index in [1.165, 1.54) is 10.9 Å². The van der Waals surface area contributed by atoms with E-state index >= 15 is 0 Å². The van der Waals surface area contributed by atoms with Crippen LogP contribution in [-0.4, -0.2) is 14.8 Å². The first kappa shape index (κ1) is 16.0. The highest BCUT2D eigenvalue weighted by molar-refractivity contribution is 7.80. The molecule has 3 rings (SSSR count). The number of nitrogens with zero attached hydrogens (tertiary/aromatic N) is 1. The zero-order valence-corrected chi connectivity index (χ0v) is 14.3. The van der Waals surface area contributed by atoms with Gasteiger partial charge in [-0.15, -0.1) is 0 Å². The van der Waals surface area contributed by atoms with Crippen molar-refractivity contribution in [3.05, 3.63) is 58.9 Å². The largest absolute Gasteiger partial charge is 0.398 e. The van der Waals surface area contributed by atoms with Gasteiger partial charge in [0.05, 0.1) is 10.7 Å². The van der Waals surface area contributed by atoms with Crippen molar-refractivity contribution in [2.75, 3.05) is 5.73 Å². The summed E-state index contributed by atoms with van der Waals surface area (Å²) in [4.78, 5) is 8.50. The number of benzene rings is 1. The first-order chi connectivity index (χ1) is 11.1. The van der Waals surface area contributed by atoms with Gasteiger partial charge in [0.1, 0.15) is 5.65 Å². The van der Waals surface area contributed by atoms with Gasteiger partial charge in [-0.05, 0) is 59.9 Å². The third-order valence-corrected chi connectivity index (χ3v) is 4.87. The topological polar surface area (TPSA) is 54.7 Å². The summed E-state index contributed by atoms with van der Waals surface area (Å²) in [7, 11) is 0. The van der Waals surface area contributed by atoms with Crippen LogP contribution in [-0.2, 0) is 12.8 Å². The number of hydrogen-bond acceptors (Lipinski definition) is 3. The second kappa shape index (κ2) is 7.11. The van der Waals surface area contributed by atoms with E-state index in [2.05, 4.69) is 22.1 Å². The van der Waals surface area contributed by atoms with E-state index in [0.29, 0.717) is 10.7 Å². The van der Waals surface area contributed by atoms with Gasteiger partial charge in [0.25, 0.3) is 0 Å². The fourth-order valence-electron chi connectivity index (χ4n) is 2.70. The van der Waals surface area contributed by atoms with Crippen LogP contribution in [0.2, 0.25) is 5.02 Å². The number of H-pyrrole nitrogens is 1. The molecule has 0 bridgehead atoms. The highest BCUT2D eigenvalue weighted by Crippen LogP contribution is 2.24. The lowest BCUT2D eigenvalue weighted by molar-refractivity contribution is 0.980. The van der Waals surface area contributed by atoms with Crippen LogP contribution < -0.4 is 5.73 Å². The Labute approximate surface area is 145 Å². The number of aromatic nitrogens is 2. The number of hydrogen-bond donors (Lipinski definition) is 2. The molecule has 0 radical (unpaired) electrons. The van der Waals surface area contributed by atoms with Crippen LogP contribution in [0.5, 0.6) is 0 Å². The Bertz CT molecular complexity index is 841. The molecule has 118 valence electrons. The summed E-state index contributed by atoms with van der Waals surface area (Å²) in [6.45, 7) is 0. The maximum absolute atomic E-state index is 6.22. The molecule has 0 amide bonds. The van der Waals surface area contributed by atoms with Crippen molar-refractivity contribution < 1.29 is 0 Å². The highest BCUT2D eigenvalue weighted by Gasteiger charge is 2.07. The fourth-order valence-corrected chi connectivity index (χ4v) is 3.13. The molecular weight excluding hydrogens is 326 g/mol. The quantitative estimate of drug-likeness (QED) is 0.502. The number of pyridine rings is 1. The Morgan fingerprint density at radius 2 is 1.91 bits per heavy atom. The number of halogens is 1. The lowest BCUT2D eigenvalue weighted by Gasteiger charge is -2.08. The fraction of sp³-hybridized carbons (Fsp3) is 0.222. The van der Waals surface area contributed by atoms with Crippen LogP contribution in [0.1, 0.15) is 24.0 Å². The predicted molar refractivity (Wildman–Crippen MR) is 101 cm³/mol. The number of nitrogens with one attached hydrogen (secondary N) is 1. The Balaban J connectivity index is 1.58. The highest BCUT2D eigenvalue weighted by atomic mass is 35.5. The van der Waals surface area contributed by atoms with Crippen molar-refractivity contribution >= 4 is 45.4 Å². The number of aryl methyl sites for hydroxylation is 2. The molecule has 0 unspecified atom stereocenters. The predicted octanol–water partition coefficient (Wildman–Crippen LogP) is 4.73. The van der Waals surface area contributed by atoms with Crippen LogP contribution in [0.4, 0.5) is 5.69 Å². The van der Waals surface area contributed by atoms with Gasteiger partial charge in [0, 0.05) is 17.8 Å². The van der Waals surface area contributed by atoms with Gasteiger partial charge < -0.3 is 10.7 Å². The number of aromatic amines is 1. The number of nitrogens with two attached hydrogens (primary N) is 1. The molecule has 5 heteroatoms. The Kier molecular flexibility index (Phi) is 4.94. The van der Waals surface area contributed by atoms with Crippen molar-refractivity contribution in [1.82, 2.24) is 9.97 Å². The second-order valence-corrected chi connectivity index (χ2v) is 6.52. The average molecular weight is 344 g/mol. The minimum atomic E-state index is 0.627. The number of fused-ring (bicyclic) bond motifs is 1. The van der Waals surface area contributed by atoms with Gasteiger partial charge in [-0.2, -0.15) is 0 Å². The smallest absolute Gasteiger partial charge is 0.137 e. The van der Waals surface area contributed by atoms with Gasteiger partial charge in [0.2, 0.25) is 0 Å². The van der Waals surface area contributed by atoms with E-state index in [4.69, 9.17) is 29.6 Å². The maximum Gasteiger partial charge on any atom is 0.137 e. The normalized spacial score (nSPS) is 11.0. The maximum atomic E-state index is 6.22. The molecule has 1 aromatic carbocycles. The van der Waals surface area contributed by atoms with E-state index in [9.17, 15) is 0 Å². The minimum Gasteiger partial charge on any atom is -0.398 e. The van der Waals surface area contributed by atoms with Crippen LogP contribution >= 0.6 is 23.8 Å². The van der Waals surface area contributed by atoms with Crippen molar-refractivity contribution in [3.8, 4) is 0 Å². The van der Waals surface area contributed by atoms with Gasteiger partial charge in [-0.1, -0.05) is 36.0 Å². The van der Waals surface area contributed by atoms with E-state index in [0.717, 1.165) is 41.8 Å². The zero-order chi connectivity index (χ0) is 16.2. The molecule has 0 spiro atoms. The van der Waals surface area contributed by atoms with Crippen molar-refractivity contribution in [3.63, 3.8) is 0 Å². The Morgan fingerprint density at radius 3 is 2.74 bits per heavy atom. The van der Waals surface area contributed by atoms with E-state index in [1.54, 1.807) is 0 Å². The summed E-state index contributed by atoms with van der Waals surface area (Å²) in [5.41, 5.74) is 9.73. The molecule has 0 atom stereocenters. The summed E-state index contributed by atoms with van der Waals surface area (Å²) in [5, 5.41) is 1.83. The van der Waals surface area contributed by atoms with Crippen molar-refractivity contribution in [1.29, 1.82) is 0 Å². The van der Waals surface area contributed by atoms with Crippen molar-refractivity contribution in [2.24, 2.45) is 0 Å². The van der Waals surface area contributed by atoms with Gasteiger partial charge in [-0.3, -0.25) is 0 Å². The molecule has 0 aliphatic carbocycles. The SMILES string of the molecule is Nc1cccc(CCC(=S)CCc2ccnc3[nH]ccc23)c1Cl. The molecule has 2 heterocycles. The molecule has 0 saturated heterocycles. The summed E-state index contributed by atoms with van der Waals surface area (Å²) in [5.74, 6) is 0. The molecular formula is C18H18ClN3S. The Morgan fingerprint density at radius 1 is 1.13 bits per heavy atom. The molecule has 0 aliphatic rings. The summed E-state index contributed by atoms with van der Waals surface area (Å²) < 4.78 is 0. The molecule has 0 aliphatic heterocycles. The van der Waals surface area contributed by atoms with Gasteiger partial charge in [0.15, 0.2) is 0 Å². The molecule has 2 aromatic heterocycles. The van der Waals surface area contributed by atoms with Crippen LogP contribution in [0.3, 0.4) is 0 Å². The summed E-state index contributed by atoms with van der Waals surface area (Å²) >= 11 is 11.8. The van der Waals surface area contributed by atoms with E-state index in [1.807, 2.05) is 30.6 Å². The zero-order valence-electron chi connectivity index (χ0n) is 12.7.